The topological polar surface area (TPSA) is 57.5 Å². The van der Waals surface area contributed by atoms with E-state index in [2.05, 4.69) is 51.7 Å². The zero-order valence-electron chi connectivity index (χ0n) is 14.8. The number of allylic oxidation sites excluding steroid dienone is 1. The lowest BCUT2D eigenvalue weighted by Crippen LogP contribution is -2.38. The summed E-state index contributed by atoms with van der Waals surface area (Å²) in [6.07, 6.45) is 6.62. The lowest BCUT2D eigenvalue weighted by molar-refractivity contribution is 0.240. The number of aromatic nitrogens is 1. The maximum absolute atomic E-state index is 9.71. The summed E-state index contributed by atoms with van der Waals surface area (Å²) in [5.41, 5.74) is 3.27. The van der Waals surface area contributed by atoms with Gasteiger partial charge in [0, 0.05) is 28.7 Å². The lowest BCUT2D eigenvalue weighted by atomic mass is 10.1. The maximum Gasteiger partial charge on any atom is 0.151 e. The number of fused-ring (bicyclic) bond motifs is 1. The number of hydrogen-bond acceptors (Lipinski definition) is 5. The molecule has 4 rings (SSSR count). The van der Waals surface area contributed by atoms with Gasteiger partial charge in [-0.25, -0.2) is 0 Å². The minimum Gasteiger partial charge on any atom is -0.395 e. The molecular formula is C22H21N3OS. The van der Waals surface area contributed by atoms with Crippen LogP contribution in [0.3, 0.4) is 0 Å². The number of nitrogens with one attached hydrogen (secondary N) is 1. The molecule has 3 aromatic rings. The molecule has 0 spiro atoms. The number of hydrogen-bond donors (Lipinski definition) is 2. The van der Waals surface area contributed by atoms with Crippen LogP contribution in [-0.2, 0) is 6.42 Å². The minimum absolute atomic E-state index is 0.0202. The summed E-state index contributed by atoms with van der Waals surface area (Å²) in [6.45, 7) is 0.0815. The number of benzene rings is 2. The average molecular weight is 375 g/mol. The van der Waals surface area contributed by atoms with Gasteiger partial charge in [-0.2, -0.15) is 0 Å². The quantitative estimate of drug-likeness (QED) is 0.687. The lowest BCUT2D eigenvalue weighted by Gasteiger charge is -2.19. The second kappa shape index (κ2) is 8.48. The molecular weight excluding hydrogens is 354 g/mol. The summed E-state index contributed by atoms with van der Waals surface area (Å²) >= 11 is 1.67. The Kier molecular flexibility index (Phi) is 5.63. The SMILES string of the molecule is OC[C@@H](Cc1ccccc1)NC1N=C/C(=C/c2ccc3ncccc3c2)S1. The van der Waals surface area contributed by atoms with Crippen molar-refractivity contribution in [3.63, 3.8) is 0 Å². The van der Waals surface area contributed by atoms with E-state index in [0.717, 1.165) is 27.8 Å². The van der Waals surface area contributed by atoms with E-state index >= 15 is 0 Å². The van der Waals surface area contributed by atoms with E-state index in [-0.39, 0.29) is 18.1 Å². The van der Waals surface area contributed by atoms with Gasteiger partial charge in [-0.15, -0.1) is 0 Å². The summed E-state index contributed by atoms with van der Waals surface area (Å²) in [5, 5.41) is 14.3. The number of aliphatic hydroxyl groups is 1. The van der Waals surface area contributed by atoms with Crippen LogP contribution in [0.4, 0.5) is 0 Å². The van der Waals surface area contributed by atoms with Crippen LogP contribution in [0, 0.1) is 0 Å². The fourth-order valence-electron chi connectivity index (χ4n) is 3.10. The summed E-state index contributed by atoms with van der Waals surface area (Å²) in [5.74, 6) is 0. The van der Waals surface area contributed by atoms with E-state index < -0.39 is 0 Å². The predicted octanol–water partition coefficient (Wildman–Crippen LogP) is 3.87. The molecule has 0 radical (unpaired) electrons. The second-order valence-corrected chi connectivity index (χ2v) is 7.64. The van der Waals surface area contributed by atoms with Crippen molar-refractivity contribution >= 4 is 35.0 Å². The first-order valence-electron chi connectivity index (χ1n) is 8.97. The van der Waals surface area contributed by atoms with Crippen LogP contribution in [0.1, 0.15) is 11.1 Å². The molecule has 0 amide bonds. The molecule has 4 nitrogen and oxygen atoms in total. The molecule has 2 heterocycles. The average Bonchev–Trinajstić information content (AvgIpc) is 3.15. The highest BCUT2D eigenvalue weighted by molar-refractivity contribution is 8.04. The van der Waals surface area contributed by atoms with E-state index in [9.17, 15) is 5.11 Å². The van der Waals surface area contributed by atoms with Crippen molar-refractivity contribution in [1.29, 1.82) is 0 Å². The van der Waals surface area contributed by atoms with Gasteiger partial charge >= 0.3 is 0 Å². The fourth-order valence-corrected chi connectivity index (χ4v) is 4.07. The second-order valence-electron chi connectivity index (χ2n) is 6.49. The van der Waals surface area contributed by atoms with Gasteiger partial charge in [-0.3, -0.25) is 15.3 Å². The Morgan fingerprint density at radius 2 is 2.00 bits per heavy atom. The molecule has 1 aliphatic rings. The van der Waals surface area contributed by atoms with Crippen LogP contribution in [-0.4, -0.2) is 34.5 Å². The molecule has 0 saturated heterocycles. The number of nitrogens with zero attached hydrogens (tertiary/aromatic N) is 2. The molecule has 2 aromatic carbocycles. The highest BCUT2D eigenvalue weighted by Gasteiger charge is 2.19. The third-order valence-electron chi connectivity index (χ3n) is 4.44. The summed E-state index contributed by atoms with van der Waals surface area (Å²) in [4.78, 5) is 10.0. The number of aliphatic imine (C=N–C) groups is 1. The van der Waals surface area contributed by atoms with Gasteiger partial charge in [-0.1, -0.05) is 54.2 Å². The van der Waals surface area contributed by atoms with Crippen LogP contribution in [0.2, 0.25) is 0 Å². The van der Waals surface area contributed by atoms with Crippen molar-refractivity contribution in [1.82, 2.24) is 10.3 Å². The molecule has 0 saturated carbocycles. The van der Waals surface area contributed by atoms with Crippen LogP contribution >= 0.6 is 11.8 Å². The summed E-state index contributed by atoms with van der Waals surface area (Å²) in [6, 6.07) is 20.4. The minimum atomic E-state index is -0.0702. The smallest absolute Gasteiger partial charge is 0.151 e. The normalized spacial score (nSPS) is 19.0. The third kappa shape index (κ3) is 4.63. The molecule has 27 heavy (non-hydrogen) atoms. The van der Waals surface area contributed by atoms with Crippen LogP contribution in [0.5, 0.6) is 0 Å². The molecule has 0 fully saturated rings. The van der Waals surface area contributed by atoms with Gasteiger partial charge in [0.2, 0.25) is 0 Å². The zero-order chi connectivity index (χ0) is 18.5. The highest BCUT2D eigenvalue weighted by Crippen LogP contribution is 2.29. The molecule has 5 heteroatoms. The Labute approximate surface area is 163 Å². The van der Waals surface area contributed by atoms with Crippen molar-refractivity contribution in [3.05, 3.63) is 82.9 Å². The summed E-state index contributed by atoms with van der Waals surface area (Å²) < 4.78 is 0. The monoisotopic (exact) mass is 375 g/mol. The van der Waals surface area contributed by atoms with Crippen molar-refractivity contribution in [2.24, 2.45) is 4.99 Å². The van der Waals surface area contributed by atoms with Crippen LogP contribution in [0.15, 0.2) is 76.8 Å². The van der Waals surface area contributed by atoms with Gasteiger partial charge in [-0.05, 0) is 41.8 Å². The fraction of sp³-hybridized carbons (Fsp3) is 0.182. The standard InChI is InChI=1S/C22H21N3OS/c26-15-19(12-16-5-2-1-3-6-16)25-22-24-14-20(27-22)13-17-8-9-21-18(11-17)7-4-10-23-21/h1-11,13-14,19,22,25-26H,12,15H2/b20-13-/t19-,22?/m1/s1. The number of aliphatic hydroxyl groups excluding tert-OH is 1. The van der Waals surface area contributed by atoms with Crippen molar-refractivity contribution in [2.45, 2.75) is 18.0 Å². The molecule has 1 aromatic heterocycles. The maximum atomic E-state index is 9.71. The van der Waals surface area contributed by atoms with Gasteiger partial charge in [0.1, 0.15) is 0 Å². The summed E-state index contributed by atoms with van der Waals surface area (Å²) in [7, 11) is 0. The first-order valence-corrected chi connectivity index (χ1v) is 9.85. The van der Waals surface area contributed by atoms with Gasteiger partial charge < -0.3 is 5.11 Å². The zero-order valence-corrected chi connectivity index (χ0v) is 15.6. The number of thioether (sulfide) groups is 1. The van der Waals surface area contributed by atoms with E-state index in [1.54, 1.807) is 11.8 Å². The molecule has 0 aliphatic carbocycles. The Morgan fingerprint density at radius 3 is 2.85 bits per heavy atom. The molecule has 136 valence electrons. The number of rotatable bonds is 6. The largest absolute Gasteiger partial charge is 0.395 e. The Morgan fingerprint density at radius 1 is 1.11 bits per heavy atom. The van der Waals surface area contributed by atoms with Gasteiger partial charge in [0.05, 0.1) is 12.1 Å². The van der Waals surface area contributed by atoms with Gasteiger partial charge in [0.25, 0.3) is 0 Å². The Balaban J connectivity index is 1.40. The highest BCUT2D eigenvalue weighted by atomic mass is 32.2. The molecule has 2 N–H and O–H groups in total. The molecule has 2 atom stereocenters. The van der Waals surface area contributed by atoms with E-state index in [0.29, 0.717) is 0 Å². The van der Waals surface area contributed by atoms with Crippen LogP contribution in [0.25, 0.3) is 17.0 Å². The Hall–Kier alpha value is -2.47. The van der Waals surface area contributed by atoms with E-state index in [1.165, 1.54) is 5.56 Å². The molecule has 0 bridgehead atoms. The van der Waals surface area contributed by atoms with Crippen molar-refractivity contribution in [3.8, 4) is 0 Å². The predicted molar refractivity (Wildman–Crippen MR) is 114 cm³/mol. The van der Waals surface area contributed by atoms with Gasteiger partial charge in [0.15, 0.2) is 5.50 Å². The molecule has 1 aliphatic heterocycles. The molecule has 1 unspecified atom stereocenters. The van der Waals surface area contributed by atoms with E-state index in [4.69, 9.17) is 0 Å². The first kappa shape index (κ1) is 17.9. The van der Waals surface area contributed by atoms with E-state index in [1.807, 2.05) is 42.7 Å². The van der Waals surface area contributed by atoms with Crippen molar-refractivity contribution < 1.29 is 5.11 Å². The first-order chi connectivity index (χ1) is 13.3. The van der Waals surface area contributed by atoms with Crippen molar-refractivity contribution in [2.75, 3.05) is 6.61 Å². The third-order valence-corrected chi connectivity index (χ3v) is 5.42. The Bertz CT molecular complexity index is 971. The van der Waals surface area contributed by atoms with Crippen LogP contribution < -0.4 is 5.32 Å². The number of pyridine rings is 1.